The first kappa shape index (κ1) is 17.9. The number of thioether (sulfide) groups is 1. The molecule has 0 atom stereocenters. The zero-order chi connectivity index (χ0) is 18.4. The van der Waals surface area contributed by atoms with Crippen molar-refractivity contribution >= 4 is 35.1 Å². The number of nitro groups is 1. The van der Waals surface area contributed by atoms with Gasteiger partial charge in [0.25, 0.3) is 17.2 Å². The maximum Gasteiger partial charge on any atom is 0.269 e. The SMILES string of the molecule is Nc1cc(=O)[nH]c(SCC(=O)NNC(=O)c2ccc([N+](=O)[O-])cc2)n1. The van der Waals surface area contributed by atoms with Crippen LogP contribution in [0.3, 0.4) is 0 Å². The Morgan fingerprint density at radius 3 is 2.56 bits per heavy atom. The zero-order valence-corrected chi connectivity index (χ0v) is 13.3. The summed E-state index contributed by atoms with van der Waals surface area (Å²) in [4.78, 5) is 50.9. The van der Waals surface area contributed by atoms with E-state index >= 15 is 0 Å². The van der Waals surface area contributed by atoms with E-state index in [0.717, 1.165) is 17.8 Å². The van der Waals surface area contributed by atoms with E-state index in [1.807, 2.05) is 0 Å². The highest BCUT2D eigenvalue weighted by molar-refractivity contribution is 7.99. The quantitative estimate of drug-likeness (QED) is 0.244. The van der Waals surface area contributed by atoms with Crippen LogP contribution in [-0.4, -0.2) is 32.5 Å². The molecule has 2 amide bonds. The number of nitrogens with two attached hydrogens (primary N) is 1. The minimum atomic E-state index is -0.635. The second-order valence-corrected chi connectivity index (χ2v) is 5.53. The fourth-order valence-electron chi connectivity index (χ4n) is 1.62. The number of hydrazine groups is 1. The van der Waals surface area contributed by atoms with Crippen molar-refractivity contribution in [3.05, 3.63) is 56.4 Å². The van der Waals surface area contributed by atoms with Gasteiger partial charge in [-0.1, -0.05) is 11.8 Å². The van der Waals surface area contributed by atoms with E-state index in [1.165, 1.54) is 24.3 Å². The first-order chi connectivity index (χ1) is 11.8. The highest BCUT2D eigenvalue weighted by Gasteiger charge is 2.11. The number of H-pyrrole nitrogens is 1. The number of amides is 2. The van der Waals surface area contributed by atoms with Gasteiger partial charge in [-0.25, -0.2) is 4.98 Å². The molecule has 12 heteroatoms. The lowest BCUT2D eigenvalue weighted by Crippen LogP contribution is -2.42. The lowest BCUT2D eigenvalue weighted by molar-refractivity contribution is -0.384. The monoisotopic (exact) mass is 364 g/mol. The van der Waals surface area contributed by atoms with Gasteiger partial charge < -0.3 is 10.7 Å². The Balaban J connectivity index is 1.83. The summed E-state index contributed by atoms with van der Waals surface area (Å²) in [5.74, 6) is -1.29. The Hall–Kier alpha value is -3.41. The molecule has 0 unspecified atom stereocenters. The predicted octanol–water partition coefficient (Wildman–Crippen LogP) is -0.186. The molecule has 11 nitrogen and oxygen atoms in total. The Bertz CT molecular complexity index is 866. The second kappa shape index (κ2) is 7.92. The van der Waals surface area contributed by atoms with Crippen LogP contribution < -0.4 is 22.1 Å². The lowest BCUT2D eigenvalue weighted by atomic mass is 10.2. The molecule has 1 aromatic carbocycles. The topological polar surface area (TPSA) is 173 Å². The highest BCUT2D eigenvalue weighted by atomic mass is 32.2. The molecule has 0 saturated heterocycles. The molecule has 0 radical (unpaired) electrons. The third kappa shape index (κ3) is 5.31. The van der Waals surface area contributed by atoms with Crippen molar-refractivity contribution in [2.45, 2.75) is 5.16 Å². The van der Waals surface area contributed by atoms with Gasteiger partial charge in [0.05, 0.1) is 10.7 Å². The summed E-state index contributed by atoms with van der Waals surface area (Å²) in [6.45, 7) is 0. The normalized spacial score (nSPS) is 10.1. The summed E-state index contributed by atoms with van der Waals surface area (Å²) in [5, 5.41) is 10.7. The molecule has 0 bridgehead atoms. The molecule has 0 aliphatic heterocycles. The number of nitro benzene ring substituents is 1. The summed E-state index contributed by atoms with van der Waals surface area (Å²) < 4.78 is 0. The predicted molar refractivity (Wildman–Crippen MR) is 88.7 cm³/mol. The molecule has 0 saturated carbocycles. The van der Waals surface area contributed by atoms with Gasteiger partial charge in [0.2, 0.25) is 5.91 Å². The summed E-state index contributed by atoms with van der Waals surface area (Å²) in [7, 11) is 0. The fourth-order valence-corrected chi connectivity index (χ4v) is 2.31. The van der Waals surface area contributed by atoms with Crippen molar-refractivity contribution in [1.82, 2.24) is 20.8 Å². The van der Waals surface area contributed by atoms with E-state index in [0.29, 0.717) is 0 Å². The number of nitrogens with zero attached hydrogens (tertiary/aromatic N) is 2. The van der Waals surface area contributed by atoms with Crippen molar-refractivity contribution in [3.63, 3.8) is 0 Å². The molecule has 1 aromatic heterocycles. The molecule has 2 rings (SSSR count). The Morgan fingerprint density at radius 2 is 1.96 bits per heavy atom. The number of hydrogen-bond donors (Lipinski definition) is 4. The summed E-state index contributed by atoms with van der Waals surface area (Å²) in [6.07, 6.45) is 0. The summed E-state index contributed by atoms with van der Waals surface area (Å²) in [6, 6.07) is 5.98. The van der Waals surface area contributed by atoms with Gasteiger partial charge in [-0.05, 0) is 12.1 Å². The number of aromatic amines is 1. The number of benzene rings is 1. The average Bonchev–Trinajstić information content (AvgIpc) is 2.57. The van der Waals surface area contributed by atoms with Crippen molar-refractivity contribution in [2.24, 2.45) is 0 Å². The second-order valence-electron chi connectivity index (χ2n) is 4.57. The van der Waals surface area contributed by atoms with E-state index in [-0.39, 0.29) is 28.0 Å². The molecular weight excluding hydrogens is 352 g/mol. The van der Waals surface area contributed by atoms with E-state index in [9.17, 15) is 24.5 Å². The van der Waals surface area contributed by atoms with Crippen LogP contribution in [0.2, 0.25) is 0 Å². The molecule has 25 heavy (non-hydrogen) atoms. The molecule has 0 fully saturated rings. The third-order valence-electron chi connectivity index (χ3n) is 2.74. The molecular formula is C13H12N6O5S. The van der Waals surface area contributed by atoms with Crippen LogP contribution >= 0.6 is 11.8 Å². The number of rotatable bonds is 5. The number of nitrogen functional groups attached to an aromatic ring is 1. The van der Waals surface area contributed by atoms with Gasteiger partial charge in [0.15, 0.2) is 5.16 Å². The van der Waals surface area contributed by atoms with E-state index in [4.69, 9.17) is 5.73 Å². The van der Waals surface area contributed by atoms with Crippen LogP contribution in [0.15, 0.2) is 40.3 Å². The van der Waals surface area contributed by atoms with Gasteiger partial charge in [-0.15, -0.1) is 0 Å². The molecule has 1 heterocycles. The van der Waals surface area contributed by atoms with Crippen LogP contribution in [0.1, 0.15) is 10.4 Å². The Morgan fingerprint density at radius 1 is 1.28 bits per heavy atom. The van der Waals surface area contributed by atoms with Crippen molar-refractivity contribution in [2.75, 3.05) is 11.5 Å². The zero-order valence-electron chi connectivity index (χ0n) is 12.5. The van der Waals surface area contributed by atoms with Gasteiger partial charge in [-0.3, -0.25) is 35.3 Å². The van der Waals surface area contributed by atoms with Crippen molar-refractivity contribution < 1.29 is 14.5 Å². The first-order valence-electron chi connectivity index (χ1n) is 6.68. The molecule has 130 valence electrons. The largest absolute Gasteiger partial charge is 0.383 e. The number of hydrogen-bond acceptors (Lipinski definition) is 8. The number of nitrogens with one attached hydrogen (secondary N) is 3. The Kier molecular flexibility index (Phi) is 5.68. The molecule has 0 spiro atoms. The third-order valence-corrected chi connectivity index (χ3v) is 3.61. The van der Waals surface area contributed by atoms with Crippen LogP contribution in [0.4, 0.5) is 11.5 Å². The van der Waals surface area contributed by atoms with Crippen molar-refractivity contribution in [3.8, 4) is 0 Å². The van der Waals surface area contributed by atoms with E-state index < -0.39 is 22.3 Å². The fraction of sp³-hybridized carbons (Fsp3) is 0.0769. The number of aromatic nitrogens is 2. The highest BCUT2D eigenvalue weighted by Crippen LogP contribution is 2.12. The summed E-state index contributed by atoms with van der Waals surface area (Å²) >= 11 is 0.925. The standard InChI is InChI=1S/C13H12N6O5S/c14-9-5-10(20)16-13(15-9)25-6-11(21)17-18-12(22)7-1-3-8(4-2-7)19(23)24/h1-5H,6H2,(H,17,21)(H,18,22)(H3,14,15,16,20). The smallest absolute Gasteiger partial charge is 0.269 e. The molecule has 0 aliphatic carbocycles. The molecule has 0 aliphatic rings. The van der Waals surface area contributed by atoms with Gasteiger partial charge >= 0.3 is 0 Å². The number of carbonyl (C=O) groups is 2. The maximum absolute atomic E-state index is 11.8. The summed E-state index contributed by atoms with van der Waals surface area (Å²) in [5.41, 5.74) is 9.30. The molecule has 2 aromatic rings. The van der Waals surface area contributed by atoms with E-state index in [2.05, 4.69) is 20.8 Å². The van der Waals surface area contributed by atoms with Gasteiger partial charge in [0.1, 0.15) is 5.82 Å². The van der Waals surface area contributed by atoms with Crippen LogP contribution in [0.25, 0.3) is 0 Å². The minimum absolute atomic E-state index is 0.0260. The van der Waals surface area contributed by atoms with Gasteiger partial charge in [0, 0.05) is 23.8 Å². The molecule has 5 N–H and O–H groups in total. The first-order valence-corrected chi connectivity index (χ1v) is 7.67. The minimum Gasteiger partial charge on any atom is -0.383 e. The lowest BCUT2D eigenvalue weighted by Gasteiger charge is -2.07. The Labute approximate surface area is 144 Å². The average molecular weight is 364 g/mol. The van der Waals surface area contributed by atoms with Crippen LogP contribution in [0.5, 0.6) is 0 Å². The van der Waals surface area contributed by atoms with Crippen molar-refractivity contribution in [1.29, 1.82) is 0 Å². The van der Waals surface area contributed by atoms with Gasteiger partial charge in [-0.2, -0.15) is 0 Å². The number of non-ortho nitro benzene ring substituents is 1. The number of anilines is 1. The van der Waals surface area contributed by atoms with E-state index in [1.54, 1.807) is 0 Å². The van der Waals surface area contributed by atoms with Crippen LogP contribution in [0, 0.1) is 10.1 Å². The van der Waals surface area contributed by atoms with Crippen LogP contribution in [-0.2, 0) is 4.79 Å². The maximum atomic E-state index is 11.8. The number of carbonyl (C=O) groups excluding carboxylic acids is 2.